The van der Waals surface area contributed by atoms with Gasteiger partial charge in [-0.15, -0.1) is 0 Å². The molecule has 2 heterocycles. The molecular formula is C18H18ClN5. The van der Waals surface area contributed by atoms with Crippen molar-refractivity contribution in [3.05, 3.63) is 58.9 Å². The number of halogens is 1. The van der Waals surface area contributed by atoms with Crippen LogP contribution in [-0.2, 0) is 0 Å². The molecule has 0 amide bonds. The average Bonchev–Trinajstić information content (AvgIpc) is 2.58. The maximum absolute atomic E-state index is 6.11. The maximum Gasteiger partial charge on any atom is 0.224 e. The molecule has 0 aliphatic heterocycles. The summed E-state index contributed by atoms with van der Waals surface area (Å²) >= 11 is 6.11. The van der Waals surface area contributed by atoms with Crippen LogP contribution < -0.4 is 10.6 Å². The van der Waals surface area contributed by atoms with Gasteiger partial charge in [-0.25, -0.2) is 4.98 Å². The zero-order valence-electron chi connectivity index (χ0n) is 13.8. The minimum atomic E-state index is 0.545. The highest BCUT2D eigenvalue weighted by molar-refractivity contribution is 6.30. The molecule has 0 aliphatic rings. The predicted molar refractivity (Wildman–Crippen MR) is 99.0 cm³/mol. The molecule has 122 valence electrons. The summed E-state index contributed by atoms with van der Waals surface area (Å²) in [5.74, 6) is 1.25. The van der Waals surface area contributed by atoms with E-state index in [1.807, 2.05) is 44.2 Å². The van der Waals surface area contributed by atoms with Gasteiger partial charge in [0.15, 0.2) is 0 Å². The third-order valence-corrected chi connectivity index (χ3v) is 3.88. The number of benzene rings is 1. The fourth-order valence-corrected chi connectivity index (χ4v) is 2.85. The lowest BCUT2D eigenvalue weighted by Gasteiger charge is -2.14. The highest BCUT2D eigenvalue weighted by Gasteiger charge is 2.10. The zero-order chi connectivity index (χ0) is 17.1. The second kappa shape index (κ2) is 6.84. The van der Waals surface area contributed by atoms with Crippen LogP contribution in [0, 0.1) is 13.8 Å². The fourth-order valence-electron chi connectivity index (χ4n) is 2.52. The Morgan fingerprint density at radius 1 is 1.04 bits per heavy atom. The zero-order valence-corrected chi connectivity index (χ0v) is 14.5. The van der Waals surface area contributed by atoms with Crippen molar-refractivity contribution < 1.29 is 0 Å². The summed E-state index contributed by atoms with van der Waals surface area (Å²) in [5, 5.41) is 7.11. The van der Waals surface area contributed by atoms with Crippen molar-refractivity contribution in [3.8, 4) is 11.3 Å². The molecule has 0 aliphatic carbocycles. The van der Waals surface area contributed by atoms with Crippen molar-refractivity contribution in [2.75, 3.05) is 17.7 Å². The normalized spacial score (nSPS) is 10.5. The molecule has 2 N–H and O–H groups in total. The topological polar surface area (TPSA) is 62.7 Å². The Kier molecular flexibility index (Phi) is 4.62. The van der Waals surface area contributed by atoms with Crippen LogP contribution in [0.5, 0.6) is 0 Å². The Balaban J connectivity index is 2.03. The Morgan fingerprint density at radius 3 is 2.42 bits per heavy atom. The van der Waals surface area contributed by atoms with Crippen LogP contribution in [0.4, 0.5) is 17.5 Å². The third-order valence-electron chi connectivity index (χ3n) is 3.66. The van der Waals surface area contributed by atoms with Crippen LogP contribution >= 0.6 is 11.6 Å². The standard InChI is InChI=1S/C18H18ClN5/c1-11-7-14(19)8-12(2)17(11)23-16-9-15(22-18(20-3)24-16)13-5-4-6-21-10-13/h4-10H,1-3H3,(H2,20,22,23,24). The Bertz CT molecular complexity index is 842. The summed E-state index contributed by atoms with van der Waals surface area (Å²) < 4.78 is 0. The molecule has 0 spiro atoms. The number of pyridine rings is 1. The lowest BCUT2D eigenvalue weighted by Crippen LogP contribution is -2.04. The van der Waals surface area contributed by atoms with Gasteiger partial charge in [-0.3, -0.25) is 4.98 Å². The molecule has 0 saturated carbocycles. The van der Waals surface area contributed by atoms with E-state index in [4.69, 9.17) is 11.6 Å². The lowest BCUT2D eigenvalue weighted by atomic mass is 10.1. The molecule has 3 aromatic rings. The molecule has 0 fully saturated rings. The van der Waals surface area contributed by atoms with Gasteiger partial charge in [0.1, 0.15) is 5.82 Å². The molecule has 2 aromatic heterocycles. The molecule has 0 radical (unpaired) electrons. The Morgan fingerprint density at radius 2 is 1.79 bits per heavy atom. The smallest absolute Gasteiger partial charge is 0.224 e. The molecule has 24 heavy (non-hydrogen) atoms. The van der Waals surface area contributed by atoms with Crippen LogP contribution in [0.25, 0.3) is 11.3 Å². The van der Waals surface area contributed by atoms with Crippen LogP contribution in [0.2, 0.25) is 5.02 Å². The second-order valence-electron chi connectivity index (χ2n) is 5.49. The van der Waals surface area contributed by atoms with E-state index in [1.165, 1.54) is 0 Å². The van der Waals surface area contributed by atoms with Crippen LogP contribution in [-0.4, -0.2) is 22.0 Å². The van der Waals surface area contributed by atoms with Gasteiger partial charge in [-0.05, 0) is 49.2 Å². The monoisotopic (exact) mass is 339 g/mol. The number of anilines is 3. The number of rotatable bonds is 4. The molecule has 5 nitrogen and oxygen atoms in total. The summed E-state index contributed by atoms with van der Waals surface area (Å²) in [7, 11) is 1.80. The van der Waals surface area contributed by atoms with E-state index in [2.05, 4.69) is 25.6 Å². The van der Waals surface area contributed by atoms with Crippen LogP contribution in [0.1, 0.15) is 11.1 Å². The minimum absolute atomic E-state index is 0.545. The van der Waals surface area contributed by atoms with Crippen molar-refractivity contribution in [1.29, 1.82) is 0 Å². The molecular weight excluding hydrogens is 322 g/mol. The lowest BCUT2D eigenvalue weighted by molar-refractivity contribution is 1.15. The van der Waals surface area contributed by atoms with Crippen molar-refractivity contribution >= 4 is 29.1 Å². The van der Waals surface area contributed by atoms with E-state index in [0.717, 1.165) is 33.1 Å². The molecule has 0 atom stereocenters. The molecule has 0 bridgehead atoms. The van der Waals surface area contributed by atoms with Gasteiger partial charge in [0.25, 0.3) is 0 Å². The highest BCUT2D eigenvalue weighted by Crippen LogP contribution is 2.29. The van der Waals surface area contributed by atoms with E-state index < -0.39 is 0 Å². The van der Waals surface area contributed by atoms with Crippen LogP contribution in [0.15, 0.2) is 42.7 Å². The fraction of sp³-hybridized carbons (Fsp3) is 0.167. The third kappa shape index (κ3) is 3.46. The first-order valence-electron chi connectivity index (χ1n) is 7.58. The van der Waals surface area contributed by atoms with Crippen LogP contribution in [0.3, 0.4) is 0 Å². The number of hydrogen-bond donors (Lipinski definition) is 2. The quantitative estimate of drug-likeness (QED) is 0.727. The first kappa shape index (κ1) is 16.2. The van der Waals surface area contributed by atoms with E-state index in [0.29, 0.717) is 11.8 Å². The molecule has 3 rings (SSSR count). The van der Waals surface area contributed by atoms with Gasteiger partial charge in [0.2, 0.25) is 5.95 Å². The minimum Gasteiger partial charge on any atom is -0.357 e. The first-order valence-corrected chi connectivity index (χ1v) is 7.95. The van der Waals surface area contributed by atoms with Gasteiger partial charge in [0, 0.05) is 41.8 Å². The first-order chi connectivity index (χ1) is 11.6. The Labute approximate surface area is 146 Å². The molecule has 1 aromatic carbocycles. The van der Waals surface area contributed by atoms with E-state index in [1.54, 1.807) is 19.4 Å². The van der Waals surface area contributed by atoms with Gasteiger partial charge in [0.05, 0.1) is 5.69 Å². The van der Waals surface area contributed by atoms with E-state index >= 15 is 0 Å². The van der Waals surface area contributed by atoms with Gasteiger partial charge < -0.3 is 10.6 Å². The van der Waals surface area contributed by atoms with Gasteiger partial charge >= 0.3 is 0 Å². The van der Waals surface area contributed by atoms with Crippen molar-refractivity contribution in [3.63, 3.8) is 0 Å². The summed E-state index contributed by atoms with van der Waals surface area (Å²) in [4.78, 5) is 13.1. The summed E-state index contributed by atoms with van der Waals surface area (Å²) in [6.07, 6.45) is 3.52. The van der Waals surface area contributed by atoms with Crippen molar-refractivity contribution in [1.82, 2.24) is 15.0 Å². The number of nitrogens with zero attached hydrogens (tertiary/aromatic N) is 3. The summed E-state index contributed by atoms with van der Waals surface area (Å²) in [5.41, 5.74) is 4.86. The number of nitrogens with one attached hydrogen (secondary N) is 2. The number of hydrogen-bond acceptors (Lipinski definition) is 5. The molecule has 6 heteroatoms. The molecule has 0 unspecified atom stereocenters. The predicted octanol–water partition coefficient (Wildman–Crippen LogP) is 4.59. The SMILES string of the molecule is CNc1nc(Nc2c(C)cc(Cl)cc2C)cc(-c2cccnc2)n1. The molecule has 0 saturated heterocycles. The van der Waals surface area contributed by atoms with E-state index in [-0.39, 0.29) is 0 Å². The number of aromatic nitrogens is 3. The second-order valence-corrected chi connectivity index (χ2v) is 5.93. The summed E-state index contributed by atoms with van der Waals surface area (Å²) in [6.45, 7) is 4.03. The van der Waals surface area contributed by atoms with Gasteiger partial charge in [-0.2, -0.15) is 4.98 Å². The highest BCUT2D eigenvalue weighted by atomic mass is 35.5. The maximum atomic E-state index is 6.11. The average molecular weight is 340 g/mol. The van der Waals surface area contributed by atoms with Crippen molar-refractivity contribution in [2.24, 2.45) is 0 Å². The Hall–Kier alpha value is -2.66. The summed E-state index contributed by atoms with van der Waals surface area (Å²) in [6, 6.07) is 9.62. The van der Waals surface area contributed by atoms with E-state index in [9.17, 15) is 0 Å². The largest absolute Gasteiger partial charge is 0.357 e. The van der Waals surface area contributed by atoms with Gasteiger partial charge in [-0.1, -0.05) is 11.6 Å². The number of aryl methyl sites for hydroxylation is 2. The van der Waals surface area contributed by atoms with Crippen molar-refractivity contribution in [2.45, 2.75) is 13.8 Å².